The van der Waals surface area contributed by atoms with Crippen molar-refractivity contribution < 1.29 is 9.90 Å². The van der Waals surface area contributed by atoms with Gasteiger partial charge >= 0.3 is 0 Å². The Morgan fingerprint density at radius 1 is 1.64 bits per heavy atom. The molecule has 0 spiro atoms. The summed E-state index contributed by atoms with van der Waals surface area (Å²) in [6.45, 7) is 1.92. The van der Waals surface area contributed by atoms with Crippen LogP contribution in [0.1, 0.15) is 32.6 Å². The van der Waals surface area contributed by atoms with E-state index in [2.05, 4.69) is 5.32 Å². The van der Waals surface area contributed by atoms with Crippen LogP contribution in [0.5, 0.6) is 0 Å². The van der Waals surface area contributed by atoms with Crippen LogP contribution in [0.15, 0.2) is 0 Å². The lowest BCUT2D eigenvalue weighted by Gasteiger charge is -2.49. The molecule has 1 aliphatic carbocycles. The van der Waals surface area contributed by atoms with Crippen LogP contribution < -0.4 is 5.32 Å². The third-order valence-corrected chi connectivity index (χ3v) is 3.48. The number of rotatable bonds is 0. The molecule has 0 aromatic rings. The van der Waals surface area contributed by atoms with Gasteiger partial charge in [-0.05, 0) is 24.7 Å². The van der Waals surface area contributed by atoms with E-state index >= 15 is 0 Å². The normalized spacial score (nSPS) is 46.6. The van der Waals surface area contributed by atoms with Gasteiger partial charge < -0.3 is 10.4 Å². The molecule has 0 radical (unpaired) electrons. The largest absolute Gasteiger partial charge is 0.371 e. The first kappa shape index (κ1) is 9.47. The van der Waals surface area contributed by atoms with Crippen molar-refractivity contribution in [2.24, 2.45) is 11.3 Å². The topological polar surface area (TPSA) is 73.1 Å². The highest BCUT2D eigenvalue weighted by Gasteiger charge is 2.53. The van der Waals surface area contributed by atoms with Crippen molar-refractivity contribution in [1.82, 2.24) is 5.32 Å². The van der Waals surface area contributed by atoms with Gasteiger partial charge in [0.2, 0.25) is 5.91 Å². The second-order valence-electron chi connectivity index (χ2n) is 4.77. The van der Waals surface area contributed by atoms with Crippen LogP contribution in [0.3, 0.4) is 0 Å². The highest BCUT2D eigenvalue weighted by molar-refractivity contribution is 5.83. The molecule has 76 valence electrons. The zero-order valence-electron chi connectivity index (χ0n) is 8.21. The Bertz CT molecular complexity index is 323. The minimum Gasteiger partial charge on any atom is -0.371 e. The Kier molecular flexibility index (Phi) is 1.83. The molecule has 4 heteroatoms. The molecule has 2 aliphatic rings. The molecule has 1 saturated carbocycles. The smallest absolute Gasteiger partial charge is 0.240 e. The van der Waals surface area contributed by atoms with Gasteiger partial charge in [-0.2, -0.15) is 5.26 Å². The maximum atomic E-state index is 11.6. The molecule has 1 saturated heterocycles. The summed E-state index contributed by atoms with van der Waals surface area (Å²) in [5.41, 5.74) is -1.40. The van der Waals surface area contributed by atoms with Crippen molar-refractivity contribution in [2.75, 3.05) is 0 Å². The number of aliphatic hydroxyl groups is 1. The number of piperidine rings is 1. The molecule has 1 amide bonds. The SMILES string of the molecule is C[C@]12CCC[C@](O)(C1)NC(=O)[C@@H]2C#N. The van der Waals surface area contributed by atoms with E-state index in [4.69, 9.17) is 5.26 Å². The third-order valence-electron chi connectivity index (χ3n) is 3.48. The number of nitriles is 1. The molecule has 3 atom stereocenters. The molecule has 2 bridgehead atoms. The summed E-state index contributed by atoms with van der Waals surface area (Å²) in [5.74, 6) is -0.925. The number of hydrogen-bond donors (Lipinski definition) is 2. The van der Waals surface area contributed by atoms with Gasteiger partial charge in [-0.1, -0.05) is 6.92 Å². The summed E-state index contributed by atoms with van der Waals surface area (Å²) in [6, 6.07) is 2.04. The molecule has 4 nitrogen and oxygen atoms in total. The number of hydrogen-bond acceptors (Lipinski definition) is 3. The van der Waals surface area contributed by atoms with Crippen LogP contribution in [0, 0.1) is 22.7 Å². The summed E-state index contributed by atoms with van der Waals surface area (Å²) in [6.07, 6.45) is 2.82. The molecule has 2 N–H and O–H groups in total. The molecule has 0 aromatic carbocycles. The second-order valence-corrected chi connectivity index (χ2v) is 4.77. The monoisotopic (exact) mass is 194 g/mol. The van der Waals surface area contributed by atoms with Gasteiger partial charge in [-0.3, -0.25) is 4.79 Å². The Balaban J connectivity index is 2.36. The predicted octanol–water partition coefficient (Wildman–Crippen LogP) is 0.525. The van der Waals surface area contributed by atoms with Crippen LogP contribution in [0.4, 0.5) is 0 Å². The minimum atomic E-state index is -1.06. The Morgan fingerprint density at radius 3 is 3.00 bits per heavy atom. The van der Waals surface area contributed by atoms with E-state index in [0.717, 1.165) is 12.8 Å². The highest BCUT2D eigenvalue weighted by atomic mass is 16.3. The molecule has 14 heavy (non-hydrogen) atoms. The Labute approximate surface area is 82.9 Å². The second kappa shape index (κ2) is 2.71. The van der Waals surface area contributed by atoms with Crippen LogP contribution in [-0.2, 0) is 4.79 Å². The Morgan fingerprint density at radius 2 is 2.36 bits per heavy atom. The zero-order valence-corrected chi connectivity index (χ0v) is 8.21. The molecule has 0 aromatic heterocycles. The first-order valence-electron chi connectivity index (χ1n) is 4.93. The van der Waals surface area contributed by atoms with Crippen molar-refractivity contribution in [2.45, 2.75) is 38.3 Å². The molecule has 2 fully saturated rings. The van der Waals surface area contributed by atoms with E-state index in [0.29, 0.717) is 12.8 Å². The summed E-state index contributed by atoms with van der Waals surface area (Å²) < 4.78 is 0. The van der Waals surface area contributed by atoms with Gasteiger partial charge in [0.15, 0.2) is 0 Å². The van der Waals surface area contributed by atoms with Gasteiger partial charge in [0.1, 0.15) is 11.6 Å². The number of nitrogens with one attached hydrogen (secondary N) is 1. The fourth-order valence-electron chi connectivity index (χ4n) is 2.82. The van der Waals surface area contributed by atoms with Gasteiger partial charge in [-0.15, -0.1) is 0 Å². The summed E-state index contributed by atoms with van der Waals surface area (Å²) >= 11 is 0. The van der Waals surface area contributed by atoms with Crippen molar-refractivity contribution in [3.63, 3.8) is 0 Å². The molecule has 2 rings (SSSR count). The third kappa shape index (κ3) is 1.20. The standard InChI is InChI=1S/C10H14N2O2/c1-9-3-2-4-10(14,6-9)12-8(13)7(9)5-11/h7,14H,2-4,6H2,1H3,(H,12,13)/t7-,9-,10-/m0/s1. The average Bonchev–Trinajstić information content (AvgIpc) is 2.00. The van der Waals surface area contributed by atoms with Gasteiger partial charge in [0, 0.05) is 6.42 Å². The summed E-state index contributed by atoms with van der Waals surface area (Å²) in [7, 11) is 0. The fourth-order valence-corrected chi connectivity index (χ4v) is 2.82. The van der Waals surface area contributed by atoms with Crippen molar-refractivity contribution >= 4 is 5.91 Å². The number of fused-ring (bicyclic) bond motifs is 2. The molecule has 1 aliphatic heterocycles. The van der Waals surface area contributed by atoms with Crippen LogP contribution in [0.25, 0.3) is 0 Å². The maximum Gasteiger partial charge on any atom is 0.240 e. The van der Waals surface area contributed by atoms with E-state index in [1.165, 1.54) is 0 Å². The first-order valence-corrected chi connectivity index (χ1v) is 4.93. The molecular weight excluding hydrogens is 180 g/mol. The molecule has 0 unspecified atom stereocenters. The zero-order chi connectivity index (χ0) is 10.4. The van der Waals surface area contributed by atoms with Crippen molar-refractivity contribution in [3.05, 3.63) is 0 Å². The van der Waals surface area contributed by atoms with Gasteiger partial charge in [0.25, 0.3) is 0 Å². The van der Waals surface area contributed by atoms with Gasteiger partial charge in [0.05, 0.1) is 6.07 Å². The van der Waals surface area contributed by atoms with Crippen LogP contribution >= 0.6 is 0 Å². The quantitative estimate of drug-likeness (QED) is 0.590. The van der Waals surface area contributed by atoms with E-state index < -0.39 is 11.6 Å². The summed E-state index contributed by atoms with van der Waals surface area (Å²) in [4.78, 5) is 11.6. The lowest BCUT2D eigenvalue weighted by atomic mass is 9.62. The molecule has 1 heterocycles. The maximum absolute atomic E-state index is 11.6. The van der Waals surface area contributed by atoms with Gasteiger partial charge in [-0.25, -0.2) is 0 Å². The number of carbonyl (C=O) groups excluding carboxylic acids is 1. The van der Waals surface area contributed by atoms with Crippen molar-refractivity contribution in [1.29, 1.82) is 5.26 Å². The van der Waals surface area contributed by atoms with E-state index in [9.17, 15) is 9.90 Å². The van der Waals surface area contributed by atoms with E-state index in [1.807, 2.05) is 13.0 Å². The van der Waals surface area contributed by atoms with E-state index in [-0.39, 0.29) is 11.3 Å². The summed E-state index contributed by atoms with van der Waals surface area (Å²) in [5, 5.41) is 21.5. The van der Waals surface area contributed by atoms with Crippen LogP contribution in [-0.4, -0.2) is 16.7 Å². The predicted molar refractivity (Wildman–Crippen MR) is 48.8 cm³/mol. The minimum absolute atomic E-state index is 0.316. The van der Waals surface area contributed by atoms with Crippen LogP contribution in [0.2, 0.25) is 0 Å². The first-order chi connectivity index (χ1) is 6.49. The average molecular weight is 194 g/mol. The van der Waals surface area contributed by atoms with E-state index in [1.54, 1.807) is 0 Å². The number of carbonyl (C=O) groups is 1. The highest BCUT2D eigenvalue weighted by Crippen LogP contribution is 2.48. The lowest BCUT2D eigenvalue weighted by Crippen LogP contribution is -2.62. The lowest BCUT2D eigenvalue weighted by molar-refractivity contribution is -0.157. The number of nitrogens with zero attached hydrogens (tertiary/aromatic N) is 1. The fraction of sp³-hybridized carbons (Fsp3) is 0.800. The Hall–Kier alpha value is -1.08. The molecular formula is C10H14N2O2. The van der Waals surface area contributed by atoms with Crippen molar-refractivity contribution in [3.8, 4) is 6.07 Å². The number of amides is 1.